The van der Waals surface area contributed by atoms with E-state index in [1.54, 1.807) is 30.5 Å². The van der Waals surface area contributed by atoms with Crippen LogP contribution in [-0.4, -0.2) is 36.9 Å². The van der Waals surface area contributed by atoms with E-state index >= 15 is 0 Å². The molecule has 174 valence electrons. The van der Waals surface area contributed by atoms with Crippen molar-refractivity contribution in [2.45, 2.75) is 30.8 Å². The van der Waals surface area contributed by atoms with E-state index in [1.807, 2.05) is 61.5 Å². The Morgan fingerprint density at radius 3 is 2.38 bits per heavy atom. The molecule has 0 bridgehead atoms. The Balaban J connectivity index is 1.22. The van der Waals surface area contributed by atoms with E-state index in [4.69, 9.17) is 9.47 Å². The Morgan fingerprint density at radius 1 is 0.882 bits per heavy atom. The Morgan fingerprint density at radius 2 is 1.62 bits per heavy atom. The van der Waals surface area contributed by atoms with Gasteiger partial charge in [0.25, 0.3) is 0 Å². The van der Waals surface area contributed by atoms with Crippen LogP contribution in [0.4, 0.5) is 0 Å². The Hall–Kier alpha value is -3.42. The fraction of sp³-hybridized carbons (Fsp3) is 0.222. The van der Waals surface area contributed by atoms with Crippen LogP contribution in [-0.2, 0) is 10.0 Å². The quantitative estimate of drug-likeness (QED) is 0.366. The van der Waals surface area contributed by atoms with E-state index in [1.165, 1.54) is 4.31 Å². The lowest BCUT2D eigenvalue weighted by atomic mass is 10.1. The normalized spacial score (nSPS) is 15.3. The van der Waals surface area contributed by atoms with Crippen molar-refractivity contribution < 1.29 is 17.9 Å². The second kappa shape index (κ2) is 9.44. The molecule has 6 nitrogen and oxygen atoms in total. The maximum Gasteiger partial charge on any atom is 0.243 e. The van der Waals surface area contributed by atoms with Crippen LogP contribution in [0, 0.1) is 6.92 Å². The molecule has 0 spiro atoms. The lowest BCUT2D eigenvalue weighted by molar-refractivity contribution is 0.136. The van der Waals surface area contributed by atoms with Gasteiger partial charge in [-0.05, 0) is 73.9 Å². The number of hydrogen-bond acceptors (Lipinski definition) is 5. The number of fused-ring (bicyclic) bond motifs is 1. The molecule has 1 aromatic heterocycles. The monoisotopic (exact) mass is 474 g/mol. The van der Waals surface area contributed by atoms with Gasteiger partial charge in [-0.1, -0.05) is 30.3 Å². The van der Waals surface area contributed by atoms with Crippen molar-refractivity contribution in [2.75, 3.05) is 13.1 Å². The number of benzene rings is 3. The van der Waals surface area contributed by atoms with Crippen molar-refractivity contribution >= 4 is 20.9 Å². The third-order valence-electron chi connectivity index (χ3n) is 5.98. The first-order valence-corrected chi connectivity index (χ1v) is 12.8. The highest BCUT2D eigenvalue weighted by molar-refractivity contribution is 7.89. The molecule has 0 unspecified atom stereocenters. The Kier molecular flexibility index (Phi) is 6.22. The summed E-state index contributed by atoms with van der Waals surface area (Å²) in [4.78, 5) is 4.70. The first-order valence-electron chi connectivity index (χ1n) is 11.3. The standard InChI is InChI=1S/C27H26N2O4S/c1-20-5-2-8-24(19-20)32-22-10-12-25(13-11-22)34(30,31)29-17-14-23(15-18-29)33-26-9-3-6-21-7-4-16-28-27(21)26/h2-13,16,19,23H,14-15,17-18H2,1H3. The first kappa shape index (κ1) is 22.4. The van der Waals surface area contributed by atoms with Crippen LogP contribution in [0.15, 0.2) is 90.0 Å². The fourth-order valence-electron chi connectivity index (χ4n) is 4.18. The summed E-state index contributed by atoms with van der Waals surface area (Å²) < 4.78 is 39.9. The van der Waals surface area contributed by atoms with Gasteiger partial charge in [0.15, 0.2) is 0 Å². The molecule has 0 N–H and O–H groups in total. The summed E-state index contributed by atoms with van der Waals surface area (Å²) in [5.41, 5.74) is 1.92. The molecule has 0 atom stereocenters. The number of sulfonamides is 1. The average molecular weight is 475 g/mol. The van der Waals surface area contributed by atoms with Gasteiger partial charge < -0.3 is 9.47 Å². The number of aromatic nitrogens is 1. The van der Waals surface area contributed by atoms with Gasteiger partial charge in [0.1, 0.15) is 28.9 Å². The van der Waals surface area contributed by atoms with Crippen LogP contribution in [0.3, 0.4) is 0 Å². The zero-order chi connectivity index (χ0) is 23.5. The summed E-state index contributed by atoms with van der Waals surface area (Å²) in [5.74, 6) is 2.06. The molecule has 1 saturated heterocycles. The van der Waals surface area contributed by atoms with E-state index in [0.717, 1.165) is 28.0 Å². The Labute approximate surface area is 199 Å². The van der Waals surface area contributed by atoms with Gasteiger partial charge in [-0.2, -0.15) is 4.31 Å². The van der Waals surface area contributed by atoms with E-state index in [2.05, 4.69) is 4.98 Å². The highest BCUT2D eigenvalue weighted by atomic mass is 32.2. The van der Waals surface area contributed by atoms with E-state index < -0.39 is 10.0 Å². The summed E-state index contributed by atoms with van der Waals surface area (Å²) in [7, 11) is -3.58. The van der Waals surface area contributed by atoms with Crippen molar-refractivity contribution in [3.8, 4) is 17.2 Å². The number of piperidine rings is 1. The van der Waals surface area contributed by atoms with Gasteiger partial charge in [0.2, 0.25) is 10.0 Å². The molecular weight excluding hydrogens is 448 g/mol. The summed E-state index contributed by atoms with van der Waals surface area (Å²) in [6.45, 7) is 2.81. The van der Waals surface area contributed by atoms with Crippen molar-refractivity contribution in [2.24, 2.45) is 0 Å². The molecule has 4 aromatic rings. The number of aryl methyl sites for hydroxylation is 1. The Bertz CT molecular complexity index is 1390. The minimum absolute atomic E-state index is 0.0517. The van der Waals surface area contributed by atoms with Gasteiger partial charge in [-0.15, -0.1) is 0 Å². The molecule has 7 heteroatoms. The van der Waals surface area contributed by atoms with E-state index in [0.29, 0.717) is 31.7 Å². The fourth-order valence-corrected chi connectivity index (χ4v) is 5.65. The van der Waals surface area contributed by atoms with Crippen LogP contribution in [0.1, 0.15) is 18.4 Å². The number of hydrogen-bond donors (Lipinski definition) is 0. The number of para-hydroxylation sites is 1. The van der Waals surface area contributed by atoms with Crippen LogP contribution in [0.25, 0.3) is 10.9 Å². The summed E-state index contributed by atoms with van der Waals surface area (Å²) in [6.07, 6.45) is 2.94. The zero-order valence-electron chi connectivity index (χ0n) is 18.9. The van der Waals surface area contributed by atoms with E-state index in [9.17, 15) is 8.42 Å². The molecule has 1 fully saturated rings. The highest BCUT2D eigenvalue weighted by Crippen LogP contribution is 2.29. The van der Waals surface area contributed by atoms with Gasteiger partial charge in [-0.3, -0.25) is 4.98 Å². The van der Waals surface area contributed by atoms with Crippen molar-refractivity contribution in [3.05, 3.63) is 90.6 Å². The number of nitrogens with zero attached hydrogens (tertiary/aromatic N) is 2. The van der Waals surface area contributed by atoms with Crippen LogP contribution in [0.2, 0.25) is 0 Å². The number of pyridine rings is 1. The van der Waals surface area contributed by atoms with Gasteiger partial charge >= 0.3 is 0 Å². The summed E-state index contributed by atoms with van der Waals surface area (Å²) >= 11 is 0. The minimum atomic E-state index is -3.58. The second-order valence-electron chi connectivity index (χ2n) is 8.44. The third-order valence-corrected chi connectivity index (χ3v) is 7.89. The van der Waals surface area contributed by atoms with Gasteiger partial charge in [0, 0.05) is 24.7 Å². The molecule has 2 heterocycles. The SMILES string of the molecule is Cc1cccc(Oc2ccc(S(=O)(=O)N3CCC(Oc4cccc5cccnc45)CC3)cc2)c1. The smallest absolute Gasteiger partial charge is 0.243 e. The van der Waals surface area contributed by atoms with Crippen LogP contribution < -0.4 is 9.47 Å². The molecule has 5 rings (SSSR count). The first-order chi connectivity index (χ1) is 16.5. The maximum atomic E-state index is 13.2. The molecule has 34 heavy (non-hydrogen) atoms. The summed E-state index contributed by atoms with van der Waals surface area (Å²) in [5, 5.41) is 1.02. The number of rotatable bonds is 6. The molecule has 0 amide bonds. The molecule has 1 aliphatic rings. The molecule has 3 aromatic carbocycles. The molecular formula is C27H26N2O4S. The van der Waals surface area contributed by atoms with Gasteiger partial charge in [-0.25, -0.2) is 8.42 Å². The number of ether oxygens (including phenoxy) is 2. The average Bonchev–Trinajstić information content (AvgIpc) is 2.85. The largest absolute Gasteiger partial charge is 0.488 e. The third kappa shape index (κ3) is 4.76. The lowest BCUT2D eigenvalue weighted by Crippen LogP contribution is -2.41. The molecule has 1 aliphatic heterocycles. The van der Waals surface area contributed by atoms with Crippen LogP contribution in [0.5, 0.6) is 17.2 Å². The maximum absolute atomic E-state index is 13.2. The van der Waals surface area contributed by atoms with Crippen molar-refractivity contribution in [1.82, 2.24) is 9.29 Å². The zero-order valence-corrected chi connectivity index (χ0v) is 19.7. The topological polar surface area (TPSA) is 68.7 Å². The lowest BCUT2D eigenvalue weighted by Gasteiger charge is -2.31. The molecule has 0 aliphatic carbocycles. The van der Waals surface area contributed by atoms with Crippen molar-refractivity contribution in [3.63, 3.8) is 0 Å². The van der Waals surface area contributed by atoms with E-state index in [-0.39, 0.29) is 11.0 Å². The van der Waals surface area contributed by atoms with Crippen molar-refractivity contribution in [1.29, 1.82) is 0 Å². The predicted molar refractivity (Wildman–Crippen MR) is 132 cm³/mol. The summed E-state index contributed by atoms with van der Waals surface area (Å²) in [6, 6.07) is 24.1. The van der Waals surface area contributed by atoms with Gasteiger partial charge in [0.05, 0.1) is 4.90 Å². The predicted octanol–water partition coefficient (Wildman–Crippen LogP) is 5.57. The van der Waals surface area contributed by atoms with Crippen LogP contribution >= 0.6 is 0 Å². The minimum Gasteiger partial charge on any atom is -0.488 e. The highest BCUT2D eigenvalue weighted by Gasteiger charge is 2.30. The second-order valence-corrected chi connectivity index (χ2v) is 10.4. The molecule has 0 saturated carbocycles. The molecule has 0 radical (unpaired) electrons.